The second-order valence-corrected chi connectivity index (χ2v) is 18.5. The molecule has 0 aliphatic carbocycles. The molecule has 0 N–H and O–H groups in total. The summed E-state index contributed by atoms with van der Waals surface area (Å²) in [5, 5.41) is 13.0. The number of hydrogen-bond acceptors (Lipinski definition) is 14. The first kappa shape index (κ1) is 61.5. The Kier molecular flexibility index (Phi) is 20.4. The fourth-order valence-electron chi connectivity index (χ4n) is 6.26. The predicted octanol–water partition coefficient (Wildman–Crippen LogP) is 10.3. The van der Waals surface area contributed by atoms with E-state index in [4.69, 9.17) is 0 Å². The van der Waals surface area contributed by atoms with Gasteiger partial charge in [-0.1, -0.05) is 71.5 Å². The van der Waals surface area contributed by atoms with Crippen molar-refractivity contribution < 1.29 is 75.3 Å². The molecule has 78 heavy (non-hydrogen) atoms. The Morgan fingerprint density at radius 1 is 0.526 bits per heavy atom. The maximum atomic E-state index is 12.6. The van der Waals surface area contributed by atoms with Crippen LogP contribution in [-0.4, -0.2) is 74.0 Å². The Morgan fingerprint density at radius 2 is 0.974 bits per heavy atom. The molecule has 10 rings (SSSR count). The molecule has 1 radical (unpaired) electrons. The third-order valence-electron chi connectivity index (χ3n) is 10.3. The van der Waals surface area contributed by atoms with Crippen LogP contribution in [0.1, 0.15) is 64.6 Å². The van der Waals surface area contributed by atoms with Crippen LogP contribution >= 0.6 is 0 Å². The molecule has 6 aromatic heterocycles. The van der Waals surface area contributed by atoms with Gasteiger partial charge in [0.05, 0.1) is 11.4 Å². The van der Waals surface area contributed by atoms with Gasteiger partial charge in [-0.05, 0) is 97.0 Å². The zero-order valence-electron chi connectivity index (χ0n) is 42.5. The van der Waals surface area contributed by atoms with E-state index in [1.165, 1.54) is 36.4 Å². The van der Waals surface area contributed by atoms with E-state index in [9.17, 15) is 35.1 Å². The summed E-state index contributed by atoms with van der Waals surface area (Å²) in [5.74, 6) is -2.50. The Bertz CT molecular complexity index is 3010. The van der Waals surface area contributed by atoms with Crippen molar-refractivity contribution in [3.8, 4) is 45.8 Å². The topological polar surface area (TPSA) is 170 Å². The average molecular weight is 1430 g/mol. The Hall–Kier alpha value is -7.40. The van der Waals surface area contributed by atoms with Gasteiger partial charge in [-0.15, -0.1) is 47.8 Å². The zero-order valence-corrected chi connectivity index (χ0v) is 47.3. The van der Waals surface area contributed by atoms with E-state index in [0.717, 1.165) is 16.9 Å². The molecule has 0 saturated heterocycles. The first-order valence-corrected chi connectivity index (χ1v) is 22.6. The van der Waals surface area contributed by atoms with Crippen LogP contribution in [-0.2, 0) is 63.4 Å². The molecule has 0 spiro atoms. The van der Waals surface area contributed by atoms with Crippen molar-refractivity contribution in [3.05, 3.63) is 183 Å². The molecular weight excluding hydrogens is 1390 g/mol. The first-order chi connectivity index (χ1) is 35.8. The van der Waals surface area contributed by atoms with E-state index < -0.39 is 24.0 Å². The van der Waals surface area contributed by atoms with E-state index in [1.807, 2.05) is 113 Å². The largest absolute Gasteiger partial charge is 3.00 e. The molecule has 0 amide bonds. The van der Waals surface area contributed by atoms with Gasteiger partial charge in [-0.2, -0.15) is 51.8 Å². The van der Waals surface area contributed by atoms with Crippen LogP contribution in [0.2, 0.25) is 0 Å². The molecule has 16 nitrogen and oxygen atoms in total. The molecule has 2 aliphatic heterocycles. The summed E-state index contributed by atoms with van der Waals surface area (Å²) in [6.45, 7) is 15.9. The fourth-order valence-corrected chi connectivity index (χ4v) is 6.26. The number of nitrogens with zero attached hydrogens (tertiary/aromatic N) is 16. The normalized spacial score (nSPS) is 13.1. The minimum atomic E-state index is -4.65. The summed E-state index contributed by atoms with van der Waals surface area (Å²) >= 11 is 0. The van der Waals surface area contributed by atoms with Crippen LogP contribution in [0.4, 0.5) is 46.5 Å². The summed E-state index contributed by atoms with van der Waals surface area (Å²) in [5.41, 5.74) is 4.06. The molecule has 0 atom stereocenters. The molecule has 0 bridgehead atoms. The standard InChI is InChI=1S/C16H14F3N6.C16H13F3N6.2C10H9FN2.2Ir/c1-15(2,3)9-7-20-12(21-8-9)10-5-4-6-11(22-10)13-23-14(25-24-13)16(17,18)19;1-15(2,3)13-20-7-9(8-21-13)10-5-4-6-11(22-10)12-23-14(25-24-12)16(17,18)19;2*1-12-6-7-13(8-12)10-4-2-9(11)3-5-10;;/h4-8H,1-3H3;4-7H,1-3H3;2*2-4,6-8H,1H3;;/q-1;3*-2;;+3. The number of hydrogen-bond donors (Lipinski definition) is 0. The van der Waals surface area contributed by atoms with Crippen LogP contribution in [0.3, 0.4) is 0 Å². The van der Waals surface area contributed by atoms with Gasteiger partial charge in [0.25, 0.3) is 0 Å². The maximum absolute atomic E-state index is 12.6. The Morgan fingerprint density at radius 3 is 1.33 bits per heavy atom. The first-order valence-electron chi connectivity index (χ1n) is 22.6. The Labute approximate surface area is 471 Å². The van der Waals surface area contributed by atoms with Gasteiger partial charge in [0, 0.05) is 50.0 Å². The van der Waals surface area contributed by atoms with Gasteiger partial charge in [0.2, 0.25) is 0 Å². The zero-order chi connectivity index (χ0) is 55.0. The molecular formula is C52H45F8Ir2N16-4. The van der Waals surface area contributed by atoms with Crippen molar-refractivity contribution >= 4 is 11.4 Å². The van der Waals surface area contributed by atoms with E-state index in [-0.39, 0.29) is 85.7 Å². The monoisotopic (exact) mass is 1430 g/mol. The number of aromatic nitrogens is 12. The minimum Gasteiger partial charge on any atom is -0.510 e. The number of rotatable bonds is 6. The molecule has 2 aromatic carbocycles. The van der Waals surface area contributed by atoms with Gasteiger partial charge in [0.1, 0.15) is 17.3 Å². The third-order valence-corrected chi connectivity index (χ3v) is 10.3. The summed E-state index contributed by atoms with van der Waals surface area (Å²) in [6.07, 6.45) is 6.17. The fraction of sp³-hybridized carbons (Fsp3) is 0.231. The summed E-state index contributed by atoms with van der Waals surface area (Å²) < 4.78 is 101. The molecule has 0 saturated carbocycles. The summed E-state index contributed by atoms with van der Waals surface area (Å²) in [7, 11) is 3.86. The molecule has 411 valence electrons. The van der Waals surface area contributed by atoms with Crippen molar-refractivity contribution in [2.45, 2.75) is 64.7 Å². The van der Waals surface area contributed by atoms with Gasteiger partial charge >= 0.3 is 32.5 Å². The Balaban J connectivity index is 0.000000198. The number of alkyl halides is 6. The maximum Gasteiger partial charge on any atom is 3.00 e. The molecule has 8 heterocycles. The van der Waals surface area contributed by atoms with Crippen molar-refractivity contribution in [3.63, 3.8) is 0 Å². The summed E-state index contributed by atoms with van der Waals surface area (Å²) in [4.78, 5) is 39.9. The van der Waals surface area contributed by atoms with E-state index in [0.29, 0.717) is 28.6 Å². The molecule has 0 unspecified atom stereocenters. The quantitative estimate of drug-likeness (QED) is 0.114. The average Bonchev–Trinajstić information content (AvgIpc) is 4.25. The van der Waals surface area contributed by atoms with Crippen molar-refractivity contribution in [1.82, 2.24) is 70.1 Å². The van der Waals surface area contributed by atoms with E-state index >= 15 is 0 Å². The molecule has 0 fully saturated rings. The van der Waals surface area contributed by atoms with Crippen LogP contribution in [0.15, 0.2) is 116 Å². The second-order valence-electron chi connectivity index (χ2n) is 18.5. The SMILES string of the molecule is CC(C)(C)c1cnc(-c2cccc(-c3nc(C(F)(F)F)n[n-]3)n2)nc1.CC(C)(C)c1n[c-]c(-c2cccc(-c3nc(C(F)(F)F)n[n-]3)n2)cn1.CN1C=CN(c2[c-]cc(F)cc2)[CH-]1.CN1C=CN(c2[c-]cc(F)cc2)[CH-]1.[Ir+3].[Ir]. The third kappa shape index (κ3) is 16.8. The van der Waals surface area contributed by atoms with Crippen LogP contribution < -0.4 is 20.0 Å². The summed E-state index contributed by atoms with van der Waals surface area (Å²) in [6, 6.07) is 24.2. The number of halogens is 8. The van der Waals surface area contributed by atoms with E-state index in [2.05, 4.69) is 78.6 Å². The van der Waals surface area contributed by atoms with Crippen molar-refractivity contribution in [1.29, 1.82) is 0 Å². The number of anilines is 2. The van der Waals surface area contributed by atoms with Crippen molar-refractivity contribution in [2.75, 3.05) is 23.9 Å². The van der Waals surface area contributed by atoms with Gasteiger partial charge in [-0.25, -0.2) is 15.0 Å². The predicted molar refractivity (Wildman–Crippen MR) is 263 cm³/mol. The van der Waals surface area contributed by atoms with E-state index in [1.54, 1.807) is 55.0 Å². The van der Waals surface area contributed by atoms with Gasteiger partial charge in [-0.3, -0.25) is 24.0 Å². The second kappa shape index (κ2) is 25.8. The minimum absolute atomic E-state index is 0. The van der Waals surface area contributed by atoms with Crippen LogP contribution in [0, 0.1) is 43.3 Å². The molecule has 26 heteroatoms. The van der Waals surface area contributed by atoms with Crippen molar-refractivity contribution in [2.24, 2.45) is 0 Å². The number of pyridine rings is 2. The van der Waals surface area contributed by atoms with Gasteiger partial charge < -0.3 is 49.7 Å². The van der Waals surface area contributed by atoms with Crippen LogP contribution in [0.25, 0.3) is 45.8 Å². The smallest absolute Gasteiger partial charge is 0.510 e. The van der Waals surface area contributed by atoms with Crippen LogP contribution in [0.5, 0.6) is 0 Å². The molecule has 2 aliphatic rings. The number of benzene rings is 2. The van der Waals surface area contributed by atoms with Gasteiger partial charge in [0.15, 0.2) is 5.82 Å². The molecule has 8 aromatic rings.